The van der Waals surface area contributed by atoms with Gasteiger partial charge < -0.3 is 4.98 Å². The molecule has 0 bridgehead atoms. The van der Waals surface area contributed by atoms with Crippen LogP contribution in [0.2, 0.25) is 0 Å². The fraction of sp³-hybridized carbons (Fsp3) is 0.545. The number of hydrogen-bond acceptors (Lipinski definition) is 2. The first-order valence-corrected chi connectivity index (χ1v) is 5.26. The van der Waals surface area contributed by atoms with Gasteiger partial charge >= 0.3 is 0 Å². The molecule has 1 N–H and O–H groups in total. The molecule has 3 rings (SSSR count). The maximum absolute atomic E-state index is 11.3. The molecule has 1 saturated heterocycles. The average molecular weight is 190 g/mol. The predicted octanol–water partition coefficient (Wildman–Crippen LogP) is 1.28. The number of ketones is 1. The van der Waals surface area contributed by atoms with Crippen molar-refractivity contribution in [2.24, 2.45) is 0 Å². The molecule has 0 radical (unpaired) electrons. The lowest BCUT2D eigenvalue weighted by molar-refractivity contribution is -0.123. The highest BCUT2D eigenvalue weighted by Gasteiger charge is 2.32. The van der Waals surface area contributed by atoms with Crippen LogP contribution >= 0.6 is 0 Å². The highest BCUT2D eigenvalue weighted by Crippen LogP contribution is 2.34. The van der Waals surface area contributed by atoms with E-state index in [4.69, 9.17) is 0 Å². The summed E-state index contributed by atoms with van der Waals surface area (Å²) >= 11 is 0. The van der Waals surface area contributed by atoms with Crippen molar-refractivity contribution in [3.8, 4) is 0 Å². The van der Waals surface area contributed by atoms with Crippen molar-refractivity contribution in [2.75, 3.05) is 13.1 Å². The lowest BCUT2D eigenvalue weighted by Gasteiger charge is -2.38. The first kappa shape index (κ1) is 8.24. The number of aromatic amines is 1. The lowest BCUT2D eigenvalue weighted by atomic mass is 9.92. The summed E-state index contributed by atoms with van der Waals surface area (Å²) in [5.74, 6) is 0.399. The van der Waals surface area contributed by atoms with Crippen LogP contribution in [-0.4, -0.2) is 28.8 Å². The first-order valence-electron chi connectivity index (χ1n) is 5.26. The predicted molar refractivity (Wildman–Crippen MR) is 53.1 cm³/mol. The fourth-order valence-electron chi connectivity index (χ4n) is 2.66. The SMILES string of the molecule is O=C1CCC2c3[nH]ccc3CCN2C1. The van der Waals surface area contributed by atoms with Gasteiger partial charge in [-0.1, -0.05) is 0 Å². The Morgan fingerprint density at radius 3 is 3.29 bits per heavy atom. The van der Waals surface area contributed by atoms with E-state index in [2.05, 4.69) is 16.0 Å². The van der Waals surface area contributed by atoms with Crippen molar-refractivity contribution < 1.29 is 4.79 Å². The van der Waals surface area contributed by atoms with Crippen LogP contribution in [0.1, 0.15) is 30.1 Å². The molecular weight excluding hydrogens is 176 g/mol. The number of fused-ring (bicyclic) bond motifs is 3. The van der Waals surface area contributed by atoms with Gasteiger partial charge in [0.05, 0.1) is 12.6 Å². The van der Waals surface area contributed by atoms with E-state index in [1.54, 1.807) is 0 Å². The Hall–Kier alpha value is -1.09. The van der Waals surface area contributed by atoms with E-state index in [1.165, 1.54) is 11.3 Å². The largest absolute Gasteiger partial charge is 0.363 e. The third-order valence-electron chi connectivity index (χ3n) is 3.39. The zero-order chi connectivity index (χ0) is 9.54. The van der Waals surface area contributed by atoms with Gasteiger partial charge in [-0.2, -0.15) is 0 Å². The Morgan fingerprint density at radius 2 is 2.36 bits per heavy atom. The molecule has 3 heterocycles. The number of nitrogens with zero attached hydrogens (tertiary/aromatic N) is 1. The zero-order valence-electron chi connectivity index (χ0n) is 8.12. The maximum Gasteiger partial charge on any atom is 0.146 e. The summed E-state index contributed by atoms with van der Waals surface area (Å²) in [6.07, 6.45) is 4.85. The summed E-state index contributed by atoms with van der Waals surface area (Å²) in [7, 11) is 0. The lowest BCUT2D eigenvalue weighted by Crippen LogP contribution is -2.42. The summed E-state index contributed by atoms with van der Waals surface area (Å²) in [5.41, 5.74) is 2.80. The molecule has 0 spiro atoms. The van der Waals surface area contributed by atoms with Crippen molar-refractivity contribution in [1.82, 2.24) is 9.88 Å². The van der Waals surface area contributed by atoms with Crippen molar-refractivity contribution in [2.45, 2.75) is 25.3 Å². The molecule has 1 fully saturated rings. The second-order valence-corrected chi connectivity index (χ2v) is 4.23. The Kier molecular flexibility index (Phi) is 1.74. The minimum atomic E-state index is 0.399. The van der Waals surface area contributed by atoms with Crippen LogP contribution in [0.5, 0.6) is 0 Å². The molecule has 14 heavy (non-hydrogen) atoms. The highest BCUT2D eigenvalue weighted by molar-refractivity contribution is 5.81. The second kappa shape index (κ2) is 2.95. The Labute approximate surface area is 83.1 Å². The van der Waals surface area contributed by atoms with Crippen LogP contribution in [0.15, 0.2) is 12.3 Å². The number of nitrogens with one attached hydrogen (secondary N) is 1. The van der Waals surface area contributed by atoms with E-state index >= 15 is 0 Å². The molecule has 0 saturated carbocycles. The molecule has 0 aliphatic carbocycles. The van der Waals surface area contributed by atoms with E-state index < -0.39 is 0 Å². The van der Waals surface area contributed by atoms with Crippen LogP contribution in [0, 0.1) is 0 Å². The number of H-pyrrole nitrogens is 1. The number of carbonyl (C=O) groups is 1. The normalized spacial score (nSPS) is 27.1. The van der Waals surface area contributed by atoms with Gasteiger partial charge in [-0.15, -0.1) is 0 Å². The van der Waals surface area contributed by atoms with Gasteiger partial charge in [-0.05, 0) is 24.5 Å². The fourth-order valence-corrected chi connectivity index (χ4v) is 2.66. The van der Waals surface area contributed by atoms with Crippen molar-refractivity contribution in [3.63, 3.8) is 0 Å². The van der Waals surface area contributed by atoms with Crippen LogP contribution in [-0.2, 0) is 11.2 Å². The second-order valence-electron chi connectivity index (χ2n) is 4.23. The molecule has 3 heteroatoms. The monoisotopic (exact) mass is 190 g/mol. The van der Waals surface area contributed by atoms with E-state index in [0.29, 0.717) is 18.4 Å². The van der Waals surface area contributed by atoms with Gasteiger partial charge in [0, 0.05) is 24.9 Å². The summed E-state index contributed by atoms with van der Waals surface area (Å²) in [5, 5.41) is 0. The average Bonchev–Trinajstić information content (AvgIpc) is 2.65. The molecule has 3 nitrogen and oxygen atoms in total. The molecule has 1 aromatic heterocycles. The van der Waals surface area contributed by atoms with Crippen LogP contribution in [0.25, 0.3) is 0 Å². The Balaban J connectivity index is 1.94. The molecular formula is C11H14N2O. The van der Waals surface area contributed by atoms with Gasteiger partial charge in [0.15, 0.2) is 0 Å². The van der Waals surface area contributed by atoms with Crippen molar-refractivity contribution in [1.29, 1.82) is 0 Å². The molecule has 0 amide bonds. The van der Waals surface area contributed by atoms with Crippen molar-refractivity contribution in [3.05, 3.63) is 23.5 Å². The first-order chi connectivity index (χ1) is 6.84. The van der Waals surface area contributed by atoms with Gasteiger partial charge in [0.1, 0.15) is 5.78 Å². The van der Waals surface area contributed by atoms with Gasteiger partial charge in [-0.3, -0.25) is 9.69 Å². The molecule has 74 valence electrons. The van der Waals surface area contributed by atoms with Gasteiger partial charge in [0.2, 0.25) is 0 Å². The van der Waals surface area contributed by atoms with E-state index in [-0.39, 0.29) is 0 Å². The number of piperidine rings is 1. The van der Waals surface area contributed by atoms with Gasteiger partial charge in [-0.25, -0.2) is 0 Å². The Morgan fingerprint density at radius 1 is 1.43 bits per heavy atom. The molecule has 1 unspecified atom stereocenters. The number of carbonyl (C=O) groups excluding carboxylic acids is 1. The molecule has 0 aromatic carbocycles. The minimum absolute atomic E-state index is 0.399. The molecule has 2 aliphatic rings. The molecule has 1 aromatic rings. The molecule has 2 aliphatic heterocycles. The smallest absolute Gasteiger partial charge is 0.146 e. The number of Topliss-reactive ketones (excluding diaryl/α,β-unsaturated/α-hetero) is 1. The van der Waals surface area contributed by atoms with Crippen LogP contribution in [0.4, 0.5) is 0 Å². The third kappa shape index (κ3) is 1.12. The maximum atomic E-state index is 11.3. The van der Waals surface area contributed by atoms with Gasteiger partial charge in [0.25, 0.3) is 0 Å². The summed E-state index contributed by atoms with van der Waals surface area (Å²) in [6, 6.07) is 2.65. The van der Waals surface area contributed by atoms with Crippen molar-refractivity contribution >= 4 is 5.78 Å². The number of aromatic nitrogens is 1. The zero-order valence-corrected chi connectivity index (χ0v) is 8.12. The van der Waals surface area contributed by atoms with Crippen LogP contribution < -0.4 is 0 Å². The quantitative estimate of drug-likeness (QED) is 0.669. The topological polar surface area (TPSA) is 36.1 Å². The minimum Gasteiger partial charge on any atom is -0.363 e. The number of rotatable bonds is 0. The number of hydrogen-bond donors (Lipinski definition) is 1. The molecule has 1 atom stereocenters. The Bertz CT molecular complexity index is 369. The standard InChI is InChI=1S/C11H14N2O/c14-9-1-2-10-11-8(3-5-12-11)4-6-13(10)7-9/h3,5,10,12H,1-2,4,6-7H2. The van der Waals surface area contributed by atoms with E-state index in [1.807, 2.05) is 6.20 Å². The summed E-state index contributed by atoms with van der Waals surface area (Å²) in [4.78, 5) is 16.9. The highest BCUT2D eigenvalue weighted by atomic mass is 16.1. The third-order valence-corrected chi connectivity index (χ3v) is 3.39. The van der Waals surface area contributed by atoms with Crippen LogP contribution in [0.3, 0.4) is 0 Å². The van der Waals surface area contributed by atoms with E-state index in [9.17, 15) is 4.79 Å². The van der Waals surface area contributed by atoms with E-state index in [0.717, 1.165) is 25.8 Å². The summed E-state index contributed by atoms with van der Waals surface area (Å²) < 4.78 is 0. The summed E-state index contributed by atoms with van der Waals surface area (Å²) in [6.45, 7) is 1.70.